The number of anilines is 1. The average molecular weight is 351 g/mol. The van der Waals surface area contributed by atoms with Crippen molar-refractivity contribution in [1.29, 1.82) is 0 Å². The van der Waals surface area contributed by atoms with Crippen LogP contribution in [0.4, 0.5) is 10.1 Å². The molecule has 0 atom stereocenters. The second kappa shape index (κ2) is 7.79. The van der Waals surface area contributed by atoms with Gasteiger partial charge in [-0.15, -0.1) is 0 Å². The summed E-state index contributed by atoms with van der Waals surface area (Å²) in [5, 5.41) is 0.343. The summed E-state index contributed by atoms with van der Waals surface area (Å²) >= 11 is 5.81. The van der Waals surface area contributed by atoms with E-state index in [0.717, 1.165) is 5.56 Å². The maximum Gasteiger partial charge on any atom is 0.340 e. The summed E-state index contributed by atoms with van der Waals surface area (Å²) in [7, 11) is 1.56. The Morgan fingerprint density at radius 3 is 2.54 bits per heavy atom. The summed E-state index contributed by atoms with van der Waals surface area (Å²) in [6.45, 7) is -0.154. The number of nitrogens with two attached hydrogens (primary N) is 1. The van der Waals surface area contributed by atoms with Gasteiger partial charge in [-0.1, -0.05) is 23.7 Å². The largest absolute Gasteiger partial charge is 0.452 e. The number of carbonyl (C=O) groups is 2. The molecule has 0 aromatic heterocycles. The lowest BCUT2D eigenvalue weighted by Gasteiger charge is -2.17. The molecular weight excluding hydrogens is 335 g/mol. The number of benzene rings is 2. The van der Waals surface area contributed by atoms with E-state index in [-0.39, 0.29) is 23.6 Å². The highest BCUT2D eigenvalue weighted by Crippen LogP contribution is 2.18. The predicted molar refractivity (Wildman–Crippen MR) is 89.0 cm³/mol. The minimum atomic E-state index is -0.724. The molecule has 0 aliphatic rings. The van der Waals surface area contributed by atoms with Crippen molar-refractivity contribution in [3.63, 3.8) is 0 Å². The Labute approximate surface area is 143 Å². The van der Waals surface area contributed by atoms with E-state index in [1.165, 1.54) is 29.2 Å². The Bertz CT molecular complexity index is 750. The quantitative estimate of drug-likeness (QED) is 0.664. The second-order valence-electron chi connectivity index (χ2n) is 5.18. The van der Waals surface area contributed by atoms with Gasteiger partial charge in [-0.2, -0.15) is 0 Å². The Balaban J connectivity index is 1.91. The number of rotatable bonds is 5. The lowest BCUT2D eigenvalue weighted by atomic mass is 10.2. The summed E-state index contributed by atoms with van der Waals surface area (Å²) in [6.07, 6.45) is 0. The number of hydrogen-bond donors (Lipinski definition) is 1. The maximum atomic E-state index is 12.9. The van der Waals surface area contributed by atoms with Crippen LogP contribution in [-0.4, -0.2) is 30.4 Å². The van der Waals surface area contributed by atoms with Crippen LogP contribution in [0.5, 0.6) is 0 Å². The van der Waals surface area contributed by atoms with Crippen molar-refractivity contribution in [1.82, 2.24) is 4.90 Å². The van der Waals surface area contributed by atoms with Gasteiger partial charge in [0, 0.05) is 24.3 Å². The molecule has 5 nitrogen and oxygen atoms in total. The zero-order valence-corrected chi connectivity index (χ0v) is 13.7. The normalized spacial score (nSPS) is 10.3. The van der Waals surface area contributed by atoms with Crippen molar-refractivity contribution >= 4 is 29.2 Å². The van der Waals surface area contributed by atoms with Gasteiger partial charge in [0.15, 0.2) is 6.61 Å². The summed E-state index contributed by atoms with van der Waals surface area (Å²) in [6, 6.07) is 10.2. The van der Waals surface area contributed by atoms with Crippen molar-refractivity contribution in [2.24, 2.45) is 0 Å². The van der Waals surface area contributed by atoms with Gasteiger partial charge >= 0.3 is 5.97 Å². The van der Waals surface area contributed by atoms with Gasteiger partial charge in [-0.3, -0.25) is 4.79 Å². The van der Waals surface area contributed by atoms with Gasteiger partial charge < -0.3 is 15.4 Å². The fraction of sp³-hybridized carbons (Fsp3) is 0.176. The van der Waals surface area contributed by atoms with Crippen molar-refractivity contribution in [2.75, 3.05) is 19.4 Å². The standard InChI is InChI=1S/C17H16ClFN2O3/c1-21(9-11-2-5-13(19)6-3-11)16(22)10-24-17(23)14-8-12(18)4-7-15(14)20/h2-8H,9-10,20H2,1H3. The summed E-state index contributed by atoms with van der Waals surface area (Å²) < 4.78 is 17.8. The first-order chi connectivity index (χ1) is 11.4. The van der Waals surface area contributed by atoms with E-state index in [9.17, 15) is 14.0 Å². The van der Waals surface area contributed by atoms with Crippen molar-refractivity contribution in [3.05, 3.63) is 64.4 Å². The molecular formula is C17H16ClFN2O3. The number of nitrogen functional groups attached to an aromatic ring is 1. The summed E-state index contributed by atoms with van der Waals surface area (Å²) in [5.74, 6) is -1.47. The van der Waals surface area contributed by atoms with Crippen LogP contribution in [0.25, 0.3) is 0 Å². The maximum absolute atomic E-state index is 12.9. The lowest BCUT2D eigenvalue weighted by molar-refractivity contribution is -0.133. The van der Waals surface area contributed by atoms with E-state index in [0.29, 0.717) is 5.02 Å². The molecule has 0 radical (unpaired) electrons. The number of carbonyl (C=O) groups excluding carboxylic acids is 2. The highest BCUT2D eigenvalue weighted by atomic mass is 35.5. The van der Waals surface area contributed by atoms with Crippen molar-refractivity contribution in [3.8, 4) is 0 Å². The van der Waals surface area contributed by atoms with E-state index in [1.54, 1.807) is 25.2 Å². The van der Waals surface area contributed by atoms with Gasteiger partial charge in [0.2, 0.25) is 0 Å². The Morgan fingerprint density at radius 1 is 1.21 bits per heavy atom. The van der Waals surface area contributed by atoms with Gasteiger partial charge in [0.25, 0.3) is 5.91 Å². The third-order valence-corrected chi connectivity index (χ3v) is 3.56. The molecule has 0 bridgehead atoms. The van der Waals surface area contributed by atoms with Gasteiger partial charge in [0.05, 0.1) is 5.56 Å². The molecule has 24 heavy (non-hydrogen) atoms. The molecule has 0 unspecified atom stereocenters. The highest BCUT2D eigenvalue weighted by molar-refractivity contribution is 6.31. The van der Waals surface area contributed by atoms with Crippen LogP contribution < -0.4 is 5.73 Å². The number of ether oxygens (including phenoxy) is 1. The molecule has 0 spiro atoms. The molecule has 2 aromatic carbocycles. The van der Waals surface area contributed by atoms with Crippen LogP contribution in [0.2, 0.25) is 5.02 Å². The fourth-order valence-electron chi connectivity index (χ4n) is 1.97. The van der Waals surface area contributed by atoms with E-state index >= 15 is 0 Å². The van der Waals surface area contributed by atoms with E-state index in [2.05, 4.69) is 0 Å². The van der Waals surface area contributed by atoms with Gasteiger partial charge in [-0.25, -0.2) is 9.18 Å². The van der Waals surface area contributed by atoms with Gasteiger partial charge in [-0.05, 0) is 35.9 Å². The van der Waals surface area contributed by atoms with Crippen LogP contribution in [0, 0.1) is 5.82 Å². The lowest BCUT2D eigenvalue weighted by Crippen LogP contribution is -2.30. The molecule has 2 aromatic rings. The zero-order valence-electron chi connectivity index (χ0n) is 13.0. The predicted octanol–water partition coefficient (Wildman–Crippen LogP) is 2.88. The van der Waals surface area contributed by atoms with Crippen LogP contribution in [-0.2, 0) is 16.1 Å². The van der Waals surface area contributed by atoms with Gasteiger partial charge in [0.1, 0.15) is 5.82 Å². The Hall–Kier alpha value is -2.60. The van der Waals surface area contributed by atoms with Crippen LogP contribution >= 0.6 is 11.6 Å². The first kappa shape index (κ1) is 17.7. The number of amides is 1. The minimum absolute atomic E-state index is 0.108. The van der Waals surface area contributed by atoms with E-state index in [4.69, 9.17) is 22.1 Å². The molecule has 0 aliphatic carbocycles. The van der Waals surface area contributed by atoms with Crippen LogP contribution in [0.3, 0.4) is 0 Å². The fourth-order valence-corrected chi connectivity index (χ4v) is 2.14. The molecule has 1 amide bonds. The molecule has 2 N–H and O–H groups in total. The number of likely N-dealkylation sites (N-methyl/N-ethyl adjacent to an activating group) is 1. The molecule has 7 heteroatoms. The van der Waals surface area contributed by atoms with Crippen LogP contribution in [0.1, 0.15) is 15.9 Å². The summed E-state index contributed by atoms with van der Waals surface area (Å²) in [4.78, 5) is 25.4. The third kappa shape index (κ3) is 4.70. The zero-order chi connectivity index (χ0) is 17.7. The number of hydrogen-bond acceptors (Lipinski definition) is 4. The van der Waals surface area contributed by atoms with Crippen molar-refractivity contribution in [2.45, 2.75) is 6.54 Å². The SMILES string of the molecule is CN(Cc1ccc(F)cc1)C(=O)COC(=O)c1cc(Cl)ccc1N. The third-order valence-electron chi connectivity index (χ3n) is 3.32. The minimum Gasteiger partial charge on any atom is -0.452 e. The molecule has 0 saturated carbocycles. The molecule has 0 fully saturated rings. The van der Waals surface area contributed by atoms with E-state index in [1.807, 2.05) is 0 Å². The molecule has 126 valence electrons. The number of halogens is 2. The van der Waals surface area contributed by atoms with Crippen molar-refractivity contribution < 1.29 is 18.7 Å². The average Bonchev–Trinajstić information content (AvgIpc) is 2.56. The second-order valence-corrected chi connectivity index (χ2v) is 5.62. The number of esters is 1. The monoisotopic (exact) mass is 350 g/mol. The molecule has 0 saturated heterocycles. The highest BCUT2D eigenvalue weighted by Gasteiger charge is 2.16. The first-order valence-corrected chi connectivity index (χ1v) is 7.45. The van der Waals surface area contributed by atoms with Crippen LogP contribution in [0.15, 0.2) is 42.5 Å². The molecule has 0 heterocycles. The topological polar surface area (TPSA) is 72.6 Å². The Kier molecular flexibility index (Phi) is 5.76. The first-order valence-electron chi connectivity index (χ1n) is 7.07. The molecule has 0 aliphatic heterocycles. The van der Waals surface area contributed by atoms with E-state index < -0.39 is 18.5 Å². The summed E-state index contributed by atoms with van der Waals surface area (Å²) in [5.41, 5.74) is 6.77. The Morgan fingerprint density at radius 2 is 1.88 bits per heavy atom. The smallest absolute Gasteiger partial charge is 0.340 e. The molecule has 2 rings (SSSR count). The number of nitrogens with zero attached hydrogens (tertiary/aromatic N) is 1.